The lowest BCUT2D eigenvalue weighted by atomic mass is 10.1. The number of amides is 2. The maximum atomic E-state index is 12.8. The van der Waals surface area contributed by atoms with E-state index in [4.69, 9.17) is 5.73 Å². The fourth-order valence-electron chi connectivity index (χ4n) is 4.21. The van der Waals surface area contributed by atoms with E-state index in [2.05, 4.69) is 15.5 Å². The number of nitrogens with one attached hydrogen (secondary N) is 1. The molecule has 5 rings (SSSR count). The largest absolute Gasteiger partial charge is 0.365 e. The molecule has 0 fully saturated rings. The van der Waals surface area contributed by atoms with Crippen molar-refractivity contribution in [3.05, 3.63) is 76.2 Å². The number of aryl methyl sites for hydroxylation is 2. The van der Waals surface area contributed by atoms with Crippen LogP contribution in [0.25, 0.3) is 17.1 Å². The van der Waals surface area contributed by atoms with Crippen LogP contribution in [0.1, 0.15) is 32.8 Å². The van der Waals surface area contributed by atoms with Gasteiger partial charge in [0.1, 0.15) is 5.00 Å². The lowest BCUT2D eigenvalue weighted by Gasteiger charge is -2.13. The SMILES string of the molecule is Cc1ccccc1-n1c(SCC(=O)Nc2sc3c(c2C(N)=O)CCC3)nnc1-c1ccccc1. The van der Waals surface area contributed by atoms with Gasteiger partial charge in [0.25, 0.3) is 5.91 Å². The van der Waals surface area contributed by atoms with Crippen LogP contribution in [0.15, 0.2) is 59.8 Å². The summed E-state index contributed by atoms with van der Waals surface area (Å²) < 4.78 is 1.98. The number of para-hydroxylation sites is 1. The number of hydrogen-bond acceptors (Lipinski definition) is 6. The van der Waals surface area contributed by atoms with E-state index in [9.17, 15) is 9.59 Å². The van der Waals surface area contributed by atoms with Crippen LogP contribution in [0.2, 0.25) is 0 Å². The highest BCUT2D eigenvalue weighted by Gasteiger charge is 2.26. The van der Waals surface area contributed by atoms with Crippen LogP contribution in [0.4, 0.5) is 5.00 Å². The van der Waals surface area contributed by atoms with Crippen molar-refractivity contribution in [2.24, 2.45) is 5.73 Å². The minimum absolute atomic E-state index is 0.125. The zero-order chi connectivity index (χ0) is 23.7. The summed E-state index contributed by atoms with van der Waals surface area (Å²) in [5.41, 5.74) is 10.0. The molecular formula is C25H23N5O2S2. The van der Waals surface area contributed by atoms with Gasteiger partial charge in [0.05, 0.1) is 17.0 Å². The van der Waals surface area contributed by atoms with E-state index in [1.807, 2.05) is 66.1 Å². The Bertz CT molecular complexity index is 1380. The number of nitrogens with two attached hydrogens (primary N) is 1. The first kappa shape index (κ1) is 22.4. The van der Waals surface area contributed by atoms with Gasteiger partial charge >= 0.3 is 0 Å². The number of carbonyl (C=O) groups excluding carboxylic acids is 2. The Balaban J connectivity index is 1.40. The number of primary amides is 1. The average molecular weight is 490 g/mol. The first-order chi connectivity index (χ1) is 16.5. The van der Waals surface area contributed by atoms with Crippen molar-refractivity contribution >= 4 is 39.9 Å². The molecule has 0 saturated heterocycles. The second-order valence-corrected chi connectivity index (χ2v) is 10.1. The van der Waals surface area contributed by atoms with E-state index in [0.717, 1.165) is 46.5 Å². The summed E-state index contributed by atoms with van der Waals surface area (Å²) in [4.78, 5) is 26.0. The molecule has 2 heterocycles. The quantitative estimate of drug-likeness (QED) is 0.369. The van der Waals surface area contributed by atoms with E-state index in [0.29, 0.717) is 21.5 Å². The fraction of sp³-hybridized carbons (Fsp3) is 0.200. The number of benzene rings is 2. The van der Waals surface area contributed by atoms with Gasteiger partial charge in [-0.05, 0) is 43.4 Å². The highest BCUT2D eigenvalue weighted by molar-refractivity contribution is 7.99. The number of fused-ring (bicyclic) bond motifs is 1. The van der Waals surface area contributed by atoms with Crippen LogP contribution in [0.5, 0.6) is 0 Å². The molecule has 0 atom stereocenters. The number of rotatable bonds is 7. The molecule has 172 valence electrons. The van der Waals surface area contributed by atoms with Crippen molar-refractivity contribution < 1.29 is 9.59 Å². The van der Waals surface area contributed by atoms with Crippen molar-refractivity contribution in [3.8, 4) is 17.1 Å². The normalized spacial score (nSPS) is 12.5. The first-order valence-corrected chi connectivity index (χ1v) is 12.8. The number of hydrogen-bond donors (Lipinski definition) is 2. The van der Waals surface area contributed by atoms with E-state index in [1.165, 1.54) is 23.1 Å². The van der Waals surface area contributed by atoms with Gasteiger partial charge in [-0.1, -0.05) is 60.3 Å². The number of thiophene rings is 1. The molecular weight excluding hydrogens is 466 g/mol. The lowest BCUT2D eigenvalue weighted by Crippen LogP contribution is -2.19. The predicted octanol–water partition coefficient (Wildman–Crippen LogP) is 4.62. The first-order valence-electron chi connectivity index (χ1n) is 11.0. The molecule has 0 bridgehead atoms. The van der Waals surface area contributed by atoms with Gasteiger partial charge < -0.3 is 11.1 Å². The third kappa shape index (κ3) is 4.24. The minimum atomic E-state index is -0.492. The molecule has 0 unspecified atom stereocenters. The second-order valence-electron chi connectivity index (χ2n) is 8.06. The minimum Gasteiger partial charge on any atom is -0.365 e. The van der Waals surface area contributed by atoms with Crippen LogP contribution in [0.3, 0.4) is 0 Å². The van der Waals surface area contributed by atoms with Crippen LogP contribution >= 0.6 is 23.1 Å². The number of nitrogens with zero attached hydrogens (tertiary/aromatic N) is 3. The summed E-state index contributed by atoms with van der Waals surface area (Å²) in [6.45, 7) is 2.03. The summed E-state index contributed by atoms with van der Waals surface area (Å²) in [5.74, 6) is 0.130. The van der Waals surface area contributed by atoms with Gasteiger partial charge in [-0.3, -0.25) is 14.2 Å². The number of carbonyl (C=O) groups is 2. The summed E-state index contributed by atoms with van der Waals surface area (Å²) >= 11 is 2.76. The zero-order valence-corrected chi connectivity index (χ0v) is 20.2. The molecule has 34 heavy (non-hydrogen) atoms. The molecule has 1 aliphatic rings. The van der Waals surface area contributed by atoms with Gasteiger partial charge in [-0.2, -0.15) is 0 Å². The Morgan fingerprint density at radius 3 is 2.62 bits per heavy atom. The molecule has 0 aliphatic heterocycles. The molecule has 0 spiro atoms. The topological polar surface area (TPSA) is 103 Å². The standard InChI is InChI=1S/C25H23N5O2S2/c1-15-8-5-6-12-18(15)30-23(16-9-3-2-4-10-16)28-29-25(30)33-14-20(31)27-24-21(22(26)32)17-11-7-13-19(17)34-24/h2-6,8-10,12H,7,11,13-14H2,1H3,(H2,26,32)(H,27,31). The zero-order valence-electron chi connectivity index (χ0n) is 18.6. The Labute approximate surface area is 205 Å². The average Bonchev–Trinajstić information content (AvgIpc) is 3.53. The van der Waals surface area contributed by atoms with Crippen molar-refractivity contribution in [2.45, 2.75) is 31.3 Å². The molecule has 2 aromatic heterocycles. The van der Waals surface area contributed by atoms with Crippen LogP contribution in [-0.2, 0) is 17.6 Å². The van der Waals surface area contributed by atoms with Gasteiger partial charge in [0.2, 0.25) is 5.91 Å². The van der Waals surface area contributed by atoms with Gasteiger partial charge in [0, 0.05) is 10.4 Å². The molecule has 0 saturated carbocycles. The number of thioether (sulfide) groups is 1. The molecule has 7 nitrogen and oxygen atoms in total. The van der Waals surface area contributed by atoms with Crippen LogP contribution < -0.4 is 11.1 Å². The van der Waals surface area contributed by atoms with Crippen LogP contribution in [-0.4, -0.2) is 32.3 Å². The van der Waals surface area contributed by atoms with E-state index in [-0.39, 0.29) is 11.7 Å². The molecule has 2 amide bonds. The van der Waals surface area contributed by atoms with Crippen LogP contribution in [0, 0.1) is 6.92 Å². The Kier molecular flexibility index (Phi) is 6.21. The van der Waals surface area contributed by atoms with Gasteiger partial charge in [-0.25, -0.2) is 0 Å². The van der Waals surface area contributed by atoms with Gasteiger partial charge in [-0.15, -0.1) is 21.5 Å². The van der Waals surface area contributed by atoms with E-state index in [1.54, 1.807) is 0 Å². The van der Waals surface area contributed by atoms with E-state index >= 15 is 0 Å². The number of anilines is 1. The van der Waals surface area contributed by atoms with Crippen molar-refractivity contribution in [1.82, 2.24) is 14.8 Å². The Morgan fingerprint density at radius 2 is 1.85 bits per heavy atom. The second kappa shape index (κ2) is 9.44. The number of aromatic nitrogens is 3. The highest BCUT2D eigenvalue weighted by Crippen LogP contribution is 2.39. The van der Waals surface area contributed by atoms with E-state index < -0.39 is 5.91 Å². The monoisotopic (exact) mass is 489 g/mol. The summed E-state index contributed by atoms with van der Waals surface area (Å²) in [6, 6.07) is 17.9. The summed E-state index contributed by atoms with van der Waals surface area (Å²) in [6.07, 6.45) is 2.77. The lowest BCUT2D eigenvalue weighted by molar-refractivity contribution is -0.113. The third-order valence-corrected chi connectivity index (χ3v) is 7.91. The maximum absolute atomic E-state index is 12.8. The van der Waals surface area contributed by atoms with Crippen molar-refractivity contribution in [3.63, 3.8) is 0 Å². The molecule has 4 aromatic rings. The Morgan fingerprint density at radius 1 is 1.09 bits per heavy atom. The molecule has 3 N–H and O–H groups in total. The summed E-state index contributed by atoms with van der Waals surface area (Å²) in [5, 5.41) is 12.9. The third-order valence-electron chi connectivity index (χ3n) is 5.77. The highest BCUT2D eigenvalue weighted by atomic mass is 32.2. The van der Waals surface area contributed by atoms with Gasteiger partial charge in [0.15, 0.2) is 11.0 Å². The fourth-order valence-corrected chi connectivity index (χ4v) is 6.27. The molecule has 9 heteroatoms. The van der Waals surface area contributed by atoms with Crippen molar-refractivity contribution in [1.29, 1.82) is 0 Å². The Hall–Kier alpha value is -3.43. The molecule has 1 aliphatic carbocycles. The maximum Gasteiger partial charge on any atom is 0.251 e. The van der Waals surface area contributed by atoms with Crippen molar-refractivity contribution in [2.75, 3.05) is 11.1 Å². The summed E-state index contributed by atoms with van der Waals surface area (Å²) in [7, 11) is 0. The predicted molar refractivity (Wildman–Crippen MR) is 136 cm³/mol. The molecule has 2 aromatic carbocycles. The smallest absolute Gasteiger partial charge is 0.251 e. The molecule has 0 radical (unpaired) electrons.